The number of halogens is 1. The fraction of sp³-hybridized carbons (Fsp3) is 0.222. The van der Waals surface area contributed by atoms with E-state index in [2.05, 4.69) is 0 Å². The number of hydrogen-bond acceptors (Lipinski definition) is 1. The summed E-state index contributed by atoms with van der Waals surface area (Å²) in [4.78, 5) is 12.9. The van der Waals surface area contributed by atoms with Crippen molar-refractivity contribution in [2.24, 2.45) is 0 Å². The van der Waals surface area contributed by atoms with Gasteiger partial charge in [-0.3, -0.25) is 4.79 Å². The number of carbonyl (C=O) groups is 1. The standard InChI is InChI=1S/C9H8ClNO/c1-11-7-5-3-2-4-6(7)8(10)9(11)12/h2-5,8H,1H3. The molecule has 1 aromatic rings. The molecule has 1 amide bonds. The lowest BCUT2D eigenvalue weighted by Crippen LogP contribution is -2.21. The molecule has 0 fully saturated rings. The molecule has 62 valence electrons. The molecule has 0 N–H and O–H groups in total. The van der Waals surface area contributed by atoms with E-state index in [-0.39, 0.29) is 5.91 Å². The molecule has 3 heteroatoms. The molecule has 1 unspecified atom stereocenters. The predicted octanol–water partition coefficient (Wildman–Crippen LogP) is 1.94. The van der Waals surface area contributed by atoms with Gasteiger partial charge in [-0.2, -0.15) is 0 Å². The first-order valence-electron chi connectivity index (χ1n) is 3.72. The van der Waals surface area contributed by atoms with Gasteiger partial charge in [0.1, 0.15) is 5.38 Å². The molecule has 12 heavy (non-hydrogen) atoms. The molecule has 1 atom stereocenters. The summed E-state index contributed by atoms with van der Waals surface area (Å²) < 4.78 is 0. The summed E-state index contributed by atoms with van der Waals surface area (Å²) in [7, 11) is 1.74. The van der Waals surface area contributed by atoms with Crippen LogP contribution in [0.15, 0.2) is 24.3 Å². The number of carbonyl (C=O) groups excluding carboxylic acids is 1. The average Bonchev–Trinajstić information content (AvgIpc) is 2.33. The quantitative estimate of drug-likeness (QED) is 0.561. The molecule has 2 nitrogen and oxygen atoms in total. The fourth-order valence-electron chi connectivity index (χ4n) is 1.43. The van der Waals surface area contributed by atoms with Crippen LogP contribution >= 0.6 is 11.6 Å². The van der Waals surface area contributed by atoms with Crippen LogP contribution in [0.5, 0.6) is 0 Å². The van der Waals surface area contributed by atoms with E-state index in [4.69, 9.17) is 11.6 Å². The number of amides is 1. The summed E-state index contributed by atoms with van der Waals surface area (Å²) in [6.07, 6.45) is 0. The Hall–Kier alpha value is -1.02. The Morgan fingerprint density at radius 3 is 2.75 bits per heavy atom. The molecule has 0 bridgehead atoms. The molecule has 1 aromatic carbocycles. The van der Waals surface area contributed by atoms with E-state index in [9.17, 15) is 4.79 Å². The number of para-hydroxylation sites is 1. The van der Waals surface area contributed by atoms with Gasteiger partial charge in [-0.1, -0.05) is 18.2 Å². The van der Waals surface area contributed by atoms with E-state index in [0.29, 0.717) is 0 Å². The first kappa shape index (κ1) is 7.62. The summed E-state index contributed by atoms with van der Waals surface area (Å²) in [6.45, 7) is 0. The highest BCUT2D eigenvalue weighted by atomic mass is 35.5. The highest BCUT2D eigenvalue weighted by molar-refractivity contribution is 6.35. The highest BCUT2D eigenvalue weighted by Crippen LogP contribution is 2.38. The number of alkyl halides is 1. The van der Waals surface area contributed by atoms with Crippen LogP contribution in [-0.4, -0.2) is 13.0 Å². The summed E-state index contributed by atoms with van der Waals surface area (Å²) in [6, 6.07) is 7.57. The maximum Gasteiger partial charge on any atom is 0.249 e. The molecule has 0 aliphatic carbocycles. The van der Waals surface area contributed by atoms with Gasteiger partial charge >= 0.3 is 0 Å². The van der Waals surface area contributed by atoms with Crippen LogP contribution in [0.2, 0.25) is 0 Å². The molecular formula is C9H8ClNO. The van der Waals surface area contributed by atoms with Crippen molar-refractivity contribution in [1.82, 2.24) is 0 Å². The second-order valence-electron chi connectivity index (χ2n) is 2.82. The van der Waals surface area contributed by atoms with Gasteiger partial charge in [0.25, 0.3) is 0 Å². The molecule has 0 aromatic heterocycles. The van der Waals surface area contributed by atoms with Crippen molar-refractivity contribution in [3.05, 3.63) is 29.8 Å². The monoisotopic (exact) mass is 181 g/mol. The zero-order valence-electron chi connectivity index (χ0n) is 6.62. The van der Waals surface area contributed by atoms with Crippen LogP contribution in [0.4, 0.5) is 5.69 Å². The number of likely N-dealkylation sites (N-methyl/N-ethyl adjacent to an activating group) is 1. The van der Waals surface area contributed by atoms with E-state index >= 15 is 0 Å². The molecular weight excluding hydrogens is 174 g/mol. The van der Waals surface area contributed by atoms with Gasteiger partial charge in [-0.05, 0) is 6.07 Å². The van der Waals surface area contributed by atoms with Gasteiger partial charge in [0.15, 0.2) is 0 Å². The van der Waals surface area contributed by atoms with Crippen LogP contribution < -0.4 is 4.90 Å². The molecule has 0 spiro atoms. The Morgan fingerprint density at radius 1 is 1.42 bits per heavy atom. The van der Waals surface area contributed by atoms with E-state index in [1.54, 1.807) is 11.9 Å². The van der Waals surface area contributed by atoms with Crippen LogP contribution in [0.25, 0.3) is 0 Å². The Balaban J connectivity index is 2.59. The minimum absolute atomic E-state index is 0.0436. The maximum atomic E-state index is 11.4. The molecule has 1 heterocycles. The summed E-state index contributed by atoms with van der Waals surface area (Å²) >= 11 is 5.90. The van der Waals surface area contributed by atoms with E-state index < -0.39 is 5.38 Å². The van der Waals surface area contributed by atoms with Crippen molar-refractivity contribution >= 4 is 23.2 Å². The molecule has 1 aliphatic rings. The van der Waals surface area contributed by atoms with Crippen LogP contribution in [0.3, 0.4) is 0 Å². The lowest BCUT2D eigenvalue weighted by atomic mass is 10.2. The molecule has 2 rings (SSSR count). The number of fused-ring (bicyclic) bond motifs is 1. The summed E-state index contributed by atoms with van der Waals surface area (Å²) in [5.74, 6) is -0.0436. The smallest absolute Gasteiger partial charge is 0.249 e. The number of benzene rings is 1. The molecule has 0 radical (unpaired) electrons. The van der Waals surface area contributed by atoms with Crippen LogP contribution in [0.1, 0.15) is 10.9 Å². The highest BCUT2D eigenvalue weighted by Gasteiger charge is 2.32. The van der Waals surface area contributed by atoms with E-state index in [0.717, 1.165) is 11.3 Å². The third kappa shape index (κ3) is 0.847. The Kier molecular flexibility index (Phi) is 1.58. The maximum absolute atomic E-state index is 11.4. The summed E-state index contributed by atoms with van der Waals surface area (Å²) in [5.41, 5.74) is 1.83. The third-order valence-electron chi connectivity index (χ3n) is 2.12. The molecule has 1 aliphatic heterocycles. The van der Waals surface area contributed by atoms with Gasteiger partial charge in [-0.15, -0.1) is 11.6 Å². The van der Waals surface area contributed by atoms with Crippen LogP contribution in [-0.2, 0) is 4.79 Å². The minimum Gasteiger partial charge on any atom is -0.314 e. The second-order valence-corrected chi connectivity index (χ2v) is 3.26. The number of rotatable bonds is 0. The third-order valence-corrected chi connectivity index (χ3v) is 2.54. The zero-order valence-corrected chi connectivity index (χ0v) is 7.38. The second kappa shape index (κ2) is 2.49. The van der Waals surface area contributed by atoms with Crippen molar-refractivity contribution in [1.29, 1.82) is 0 Å². The Morgan fingerprint density at radius 2 is 2.08 bits per heavy atom. The normalized spacial score (nSPS) is 21.3. The van der Waals surface area contributed by atoms with Crippen molar-refractivity contribution in [3.63, 3.8) is 0 Å². The number of hydrogen-bond donors (Lipinski definition) is 0. The minimum atomic E-state index is -0.494. The van der Waals surface area contributed by atoms with Crippen LogP contribution in [0, 0.1) is 0 Å². The Bertz CT molecular complexity index is 306. The van der Waals surface area contributed by atoms with Gasteiger partial charge in [0.2, 0.25) is 5.91 Å². The van der Waals surface area contributed by atoms with Gasteiger partial charge < -0.3 is 4.90 Å². The van der Waals surface area contributed by atoms with Gasteiger partial charge in [-0.25, -0.2) is 0 Å². The van der Waals surface area contributed by atoms with Crippen molar-refractivity contribution < 1.29 is 4.79 Å². The van der Waals surface area contributed by atoms with Crippen molar-refractivity contribution in [2.75, 3.05) is 11.9 Å². The van der Waals surface area contributed by atoms with E-state index in [1.165, 1.54) is 0 Å². The summed E-state index contributed by atoms with van der Waals surface area (Å²) in [5, 5.41) is -0.494. The number of nitrogens with zero attached hydrogens (tertiary/aromatic N) is 1. The molecule has 0 saturated heterocycles. The fourth-order valence-corrected chi connectivity index (χ4v) is 1.76. The van der Waals surface area contributed by atoms with Gasteiger partial charge in [0, 0.05) is 18.3 Å². The van der Waals surface area contributed by atoms with E-state index in [1.807, 2.05) is 24.3 Å². The largest absolute Gasteiger partial charge is 0.314 e. The zero-order chi connectivity index (χ0) is 8.72. The predicted molar refractivity (Wildman–Crippen MR) is 48.4 cm³/mol. The number of anilines is 1. The van der Waals surface area contributed by atoms with Crippen molar-refractivity contribution in [3.8, 4) is 0 Å². The topological polar surface area (TPSA) is 20.3 Å². The lowest BCUT2D eigenvalue weighted by Gasteiger charge is -2.08. The van der Waals surface area contributed by atoms with Crippen molar-refractivity contribution in [2.45, 2.75) is 5.38 Å². The van der Waals surface area contributed by atoms with Gasteiger partial charge in [0.05, 0.1) is 0 Å². The molecule has 0 saturated carbocycles. The Labute approximate surface area is 75.7 Å². The first-order valence-corrected chi connectivity index (χ1v) is 4.16. The lowest BCUT2D eigenvalue weighted by molar-refractivity contribution is -0.117. The average molecular weight is 182 g/mol. The SMILES string of the molecule is CN1C(=O)C(Cl)c2ccccc21. The first-order chi connectivity index (χ1) is 5.72.